The quantitative estimate of drug-likeness (QED) is 0.854. The minimum Gasteiger partial charge on any atom is -0.494 e. The molecule has 0 aliphatic heterocycles. The smallest absolute Gasteiger partial charge is 0.165 e. The van der Waals surface area contributed by atoms with E-state index in [1.54, 1.807) is 6.07 Å². The maximum atomic E-state index is 13.5. The third kappa shape index (κ3) is 3.07. The Kier molecular flexibility index (Phi) is 3.79. The fraction of sp³-hybridized carbons (Fsp3) is 0.429. The van der Waals surface area contributed by atoms with Crippen molar-refractivity contribution < 1.29 is 9.13 Å². The summed E-state index contributed by atoms with van der Waals surface area (Å²) in [5.74, 6) is -0.0211. The van der Waals surface area contributed by atoms with Crippen molar-refractivity contribution in [3.05, 3.63) is 35.2 Å². The molecule has 1 aliphatic rings. The van der Waals surface area contributed by atoms with Crippen molar-refractivity contribution in [1.82, 2.24) is 0 Å². The summed E-state index contributed by atoms with van der Waals surface area (Å²) in [4.78, 5) is 0. The van der Waals surface area contributed by atoms with E-state index in [-0.39, 0.29) is 11.6 Å². The van der Waals surface area contributed by atoms with Gasteiger partial charge in [0.05, 0.1) is 7.11 Å². The third-order valence-corrected chi connectivity index (χ3v) is 3.22. The van der Waals surface area contributed by atoms with Crippen LogP contribution in [-0.2, 0) is 0 Å². The Morgan fingerprint density at radius 2 is 2.06 bits per heavy atom. The van der Waals surface area contributed by atoms with Gasteiger partial charge in [-0.1, -0.05) is 17.7 Å². The van der Waals surface area contributed by atoms with E-state index in [9.17, 15) is 4.39 Å². The predicted octanol–water partition coefficient (Wildman–Crippen LogP) is 3.12. The molecule has 0 radical (unpaired) electrons. The van der Waals surface area contributed by atoms with E-state index in [4.69, 9.17) is 10.5 Å². The van der Waals surface area contributed by atoms with Crippen LogP contribution in [0.25, 0.3) is 6.08 Å². The lowest BCUT2D eigenvalue weighted by Gasteiger charge is -2.20. The van der Waals surface area contributed by atoms with Gasteiger partial charge >= 0.3 is 0 Å². The number of benzene rings is 1. The standard InChI is InChI=1S/C14H18FNO/c1-17-14-7-4-11(9-13(14)15)8-10-2-5-12(16)6-3-10/h4,7-9,12H,2-3,5-6,16H2,1H3. The average Bonchev–Trinajstić information content (AvgIpc) is 2.32. The zero-order valence-corrected chi connectivity index (χ0v) is 10.1. The molecule has 17 heavy (non-hydrogen) atoms. The molecule has 2 nitrogen and oxygen atoms in total. The lowest BCUT2D eigenvalue weighted by Crippen LogP contribution is -2.23. The Labute approximate surface area is 101 Å². The van der Waals surface area contributed by atoms with Crippen LogP contribution in [0.1, 0.15) is 31.2 Å². The molecule has 1 fully saturated rings. The number of ether oxygens (including phenoxy) is 1. The van der Waals surface area contributed by atoms with Crippen LogP contribution in [0.5, 0.6) is 5.75 Å². The van der Waals surface area contributed by atoms with Crippen molar-refractivity contribution in [3.8, 4) is 5.75 Å². The molecule has 0 spiro atoms. The molecule has 0 atom stereocenters. The fourth-order valence-corrected chi connectivity index (χ4v) is 2.16. The van der Waals surface area contributed by atoms with Crippen LogP contribution in [0, 0.1) is 5.82 Å². The van der Waals surface area contributed by atoms with E-state index >= 15 is 0 Å². The van der Waals surface area contributed by atoms with E-state index in [1.165, 1.54) is 18.7 Å². The van der Waals surface area contributed by atoms with E-state index in [0.29, 0.717) is 6.04 Å². The Morgan fingerprint density at radius 1 is 1.35 bits per heavy atom. The number of hydrogen-bond acceptors (Lipinski definition) is 2. The van der Waals surface area contributed by atoms with Gasteiger partial charge in [-0.2, -0.15) is 0 Å². The van der Waals surface area contributed by atoms with Crippen LogP contribution in [0.4, 0.5) is 4.39 Å². The summed E-state index contributed by atoms with van der Waals surface area (Å²) in [6.45, 7) is 0. The Hall–Kier alpha value is -1.35. The number of methoxy groups -OCH3 is 1. The first-order valence-corrected chi connectivity index (χ1v) is 5.97. The van der Waals surface area contributed by atoms with E-state index in [0.717, 1.165) is 31.2 Å². The van der Waals surface area contributed by atoms with Gasteiger partial charge in [0.25, 0.3) is 0 Å². The fourth-order valence-electron chi connectivity index (χ4n) is 2.16. The molecule has 1 aromatic rings. The van der Waals surface area contributed by atoms with Crippen LogP contribution < -0.4 is 10.5 Å². The summed E-state index contributed by atoms with van der Waals surface area (Å²) in [6, 6.07) is 5.39. The zero-order valence-electron chi connectivity index (χ0n) is 10.1. The summed E-state index contributed by atoms with van der Waals surface area (Å²) >= 11 is 0. The SMILES string of the molecule is COc1ccc(C=C2CCC(N)CC2)cc1F. The van der Waals surface area contributed by atoms with E-state index in [2.05, 4.69) is 6.08 Å². The van der Waals surface area contributed by atoms with Gasteiger partial charge in [0.15, 0.2) is 11.6 Å². The monoisotopic (exact) mass is 235 g/mol. The van der Waals surface area contributed by atoms with Gasteiger partial charge in [-0.3, -0.25) is 0 Å². The van der Waals surface area contributed by atoms with E-state index < -0.39 is 0 Å². The second-order valence-corrected chi connectivity index (χ2v) is 4.53. The summed E-state index contributed by atoms with van der Waals surface area (Å²) in [5, 5.41) is 0. The highest BCUT2D eigenvalue weighted by atomic mass is 19.1. The Balaban J connectivity index is 2.13. The first-order chi connectivity index (χ1) is 8.19. The summed E-state index contributed by atoms with van der Waals surface area (Å²) in [5.41, 5.74) is 8.10. The minimum atomic E-state index is -0.311. The molecular formula is C14H18FNO. The van der Waals surface area contributed by atoms with Crippen LogP contribution in [0.15, 0.2) is 23.8 Å². The lowest BCUT2D eigenvalue weighted by molar-refractivity contribution is 0.386. The maximum Gasteiger partial charge on any atom is 0.165 e. The van der Waals surface area contributed by atoms with Crippen molar-refractivity contribution in [2.45, 2.75) is 31.7 Å². The van der Waals surface area contributed by atoms with Crippen molar-refractivity contribution in [2.24, 2.45) is 5.73 Å². The van der Waals surface area contributed by atoms with Crippen LogP contribution in [-0.4, -0.2) is 13.2 Å². The van der Waals surface area contributed by atoms with Gasteiger partial charge in [-0.05, 0) is 43.4 Å². The minimum absolute atomic E-state index is 0.290. The average molecular weight is 235 g/mol. The number of rotatable bonds is 2. The van der Waals surface area contributed by atoms with Gasteiger partial charge in [0.2, 0.25) is 0 Å². The molecule has 2 rings (SSSR count). The number of hydrogen-bond donors (Lipinski definition) is 1. The first kappa shape index (κ1) is 12.1. The summed E-state index contributed by atoms with van der Waals surface area (Å²) < 4.78 is 18.4. The second kappa shape index (κ2) is 5.32. The molecule has 0 amide bonds. The molecule has 0 saturated heterocycles. The zero-order chi connectivity index (χ0) is 12.3. The van der Waals surface area contributed by atoms with Gasteiger partial charge < -0.3 is 10.5 Å². The van der Waals surface area contributed by atoms with Crippen LogP contribution in [0.2, 0.25) is 0 Å². The predicted molar refractivity (Wildman–Crippen MR) is 67.4 cm³/mol. The van der Waals surface area contributed by atoms with Gasteiger partial charge in [-0.25, -0.2) is 4.39 Å². The third-order valence-electron chi connectivity index (χ3n) is 3.22. The van der Waals surface area contributed by atoms with Gasteiger partial charge in [-0.15, -0.1) is 0 Å². The number of nitrogens with two attached hydrogens (primary N) is 1. The highest BCUT2D eigenvalue weighted by Crippen LogP contribution is 2.26. The first-order valence-electron chi connectivity index (χ1n) is 5.97. The Bertz CT molecular complexity index is 418. The topological polar surface area (TPSA) is 35.2 Å². The molecular weight excluding hydrogens is 217 g/mol. The van der Waals surface area contributed by atoms with Crippen LogP contribution in [0.3, 0.4) is 0 Å². The van der Waals surface area contributed by atoms with Crippen molar-refractivity contribution >= 4 is 6.08 Å². The van der Waals surface area contributed by atoms with Gasteiger partial charge in [0, 0.05) is 6.04 Å². The molecule has 1 aromatic carbocycles. The van der Waals surface area contributed by atoms with E-state index in [1.807, 2.05) is 6.07 Å². The van der Waals surface area contributed by atoms with Crippen molar-refractivity contribution in [1.29, 1.82) is 0 Å². The molecule has 92 valence electrons. The molecule has 0 aromatic heterocycles. The largest absolute Gasteiger partial charge is 0.494 e. The van der Waals surface area contributed by atoms with Crippen molar-refractivity contribution in [3.63, 3.8) is 0 Å². The summed E-state index contributed by atoms with van der Waals surface area (Å²) in [6.07, 6.45) is 6.17. The molecule has 0 bridgehead atoms. The van der Waals surface area contributed by atoms with Gasteiger partial charge in [0.1, 0.15) is 0 Å². The lowest BCUT2D eigenvalue weighted by atomic mass is 9.90. The molecule has 1 saturated carbocycles. The normalized spacial score (nSPS) is 20.2. The second-order valence-electron chi connectivity index (χ2n) is 4.53. The Morgan fingerprint density at radius 3 is 2.65 bits per heavy atom. The van der Waals surface area contributed by atoms with Crippen molar-refractivity contribution in [2.75, 3.05) is 7.11 Å². The molecule has 1 aliphatic carbocycles. The highest BCUT2D eigenvalue weighted by molar-refractivity contribution is 5.54. The number of allylic oxidation sites excluding steroid dienone is 1. The molecule has 0 heterocycles. The number of halogens is 1. The maximum absolute atomic E-state index is 13.5. The molecule has 3 heteroatoms. The molecule has 0 unspecified atom stereocenters. The highest BCUT2D eigenvalue weighted by Gasteiger charge is 2.12. The molecule has 2 N–H and O–H groups in total. The summed E-state index contributed by atoms with van der Waals surface area (Å²) in [7, 11) is 1.47. The van der Waals surface area contributed by atoms with Crippen LogP contribution >= 0.6 is 0 Å².